The van der Waals surface area contributed by atoms with Crippen LogP contribution in [0.25, 0.3) is 5.52 Å². The van der Waals surface area contributed by atoms with Crippen LogP contribution in [0.15, 0.2) is 48.7 Å². The molecule has 4 rings (SSSR count). The number of aliphatic hydroxyl groups excluding tert-OH is 1. The molecule has 0 unspecified atom stereocenters. The molecular formula is C26H33N3O3. The molecule has 1 fully saturated rings. The summed E-state index contributed by atoms with van der Waals surface area (Å²) in [5.41, 5.74) is 4.37. The number of aliphatic hydroxyl groups is 2. The number of rotatable bonds is 9. The minimum absolute atomic E-state index is 0.117. The highest BCUT2D eigenvalue weighted by Gasteiger charge is 2.29. The number of Topliss-reactive ketones (excluding diaryl/α,β-unsaturated/α-hetero) is 1. The van der Waals surface area contributed by atoms with Gasteiger partial charge >= 0.3 is 0 Å². The Kier molecular flexibility index (Phi) is 6.74. The molecule has 32 heavy (non-hydrogen) atoms. The lowest BCUT2D eigenvalue weighted by Gasteiger charge is -2.25. The van der Waals surface area contributed by atoms with Gasteiger partial charge in [-0.2, -0.15) is 5.10 Å². The Bertz CT molecular complexity index is 1070. The molecule has 1 atom stereocenters. The first-order valence-corrected chi connectivity index (χ1v) is 11.5. The van der Waals surface area contributed by atoms with E-state index in [1.54, 1.807) is 13.8 Å². The van der Waals surface area contributed by atoms with Crippen LogP contribution in [0, 0.1) is 0 Å². The van der Waals surface area contributed by atoms with Crippen LogP contribution in [0.5, 0.6) is 0 Å². The zero-order valence-corrected chi connectivity index (χ0v) is 19.0. The van der Waals surface area contributed by atoms with Crippen LogP contribution in [0.3, 0.4) is 0 Å². The van der Waals surface area contributed by atoms with E-state index < -0.39 is 5.60 Å². The molecule has 2 N–H and O–H groups in total. The Labute approximate surface area is 189 Å². The molecule has 0 saturated carbocycles. The third-order valence-corrected chi connectivity index (χ3v) is 6.47. The molecule has 170 valence electrons. The SMILES string of the molecule is CC(C)(O)c1nn2ccccc2c1CCN1CCC[C@H]1c1ccc(CCC(=O)CO)cc1. The van der Waals surface area contributed by atoms with Gasteiger partial charge in [-0.25, -0.2) is 4.52 Å². The van der Waals surface area contributed by atoms with E-state index in [2.05, 4.69) is 40.3 Å². The van der Waals surface area contributed by atoms with E-state index >= 15 is 0 Å². The molecule has 1 aromatic carbocycles. The molecule has 1 saturated heterocycles. The predicted octanol–water partition coefficient (Wildman–Crippen LogP) is 3.44. The van der Waals surface area contributed by atoms with Gasteiger partial charge < -0.3 is 10.2 Å². The summed E-state index contributed by atoms with van der Waals surface area (Å²) in [7, 11) is 0. The number of benzene rings is 1. The predicted molar refractivity (Wildman–Crippen MR) is 125 cm³/mol. The highest BCUT2D eigenvalue weighted by atomic mass is 16.3. The Balaban J connectivity index is 1.47. The molecule has 0 aliphatic carbocycles. The maximum atomic E-state index is 11.4. The first-order chi connectivity index (χ1) is 15.4. The van der Waals surface area contributed by atoms with Crippen molar-refractivity contribution in [2.75, 3.05) is 19.7 Å². The second kappa shape index (κ2) is 9.53. The second-order valence-corrected chi connectivity index (χ2v) is 9.30. The number of aryl methyl sites for hydroxylation is 1. The van der Waals surface area contributed by atoms with E-state index in [1.807, 2.05) is 22.8 Å². The number of fused-ring (bicyclic) bond motifs is 1. The molecule has 1 aliphatic rings. The number of aromatic nitrogens is 2. The minimum atomic E-state index is -0.987. The van der Waals surface area contributed by atoms with E-state index in [4.69, 9.17) is 5.11 Å². The lowest BCUT2D eigenvalue weighted by atomic mass is 9.97. The lowest BCUT2D eigenvalue weighted by Crippen LogP contribution is -2.27. The number of carbonyl (C=O) groups is 1. The van der Waals surface area contributed by atoms with Crippen LogP contribution in [-0.4, -0.2) is 50.2 Å². The van der Waals surface area contributed by atoms with Gasteiger partial charge in [0, 0.05) is 30.8 Å². The standard InChI is InChI=1S/C26H33N3O3/c1-26(2,32)25-22(24-6-3-4-16-29(24)27-25)14-17-28-15-5-7-23(28)20-11-8-19(9-12-20)10-13-21(31)18-30/h3-4,6,8-9,11-12,16,23,30,32H,5,7,10,13-15,17-18H2,1-2H3/t23-/m0/s1. The summed E-state index contributed by atoms with van der Waals surface area (Å²) in [6, 6.07) is 15.0. The molecule has 6 nitrogen and oxygen atoms in total. The lowest BCUT2D eigenvalue weighted by molar-refractivity contribution is -0.121. The Morgan fingerprint density at radius 2 is 1.94 bits per heavy atom. The van der Waals surface area contributed by atoms with Crippen molar-refractivity contribution in [1.29, 1.82) is 0 Å². The van der Waals surface area contributed by atoms with Crippen molar-refractivity contribution in [3.05, 3.63) is 71.0 Å². The van der Waals surface area contributed by atoms with Crippen LogP contribution in [0.4, 0.5) is 0 Å². The quantitative estimate of drug-likeness (QED) is 0.538. The monoisotopic (exact) mass is 435 g/mol. The fraction of sp³-hybridized carbons (Fsp3) is 0.462. The van der Waals surface area contributed by atoms with Crippen molar-refractivity contribution >= 4 is 11.3 Å². The van der Waals surface area contributed by atoms with Crippen LogP contribution in [0.2, 0.25) is 0 Å². The maximum Gasteiger partial charge on any atom is 0.158 e. The molecule has 6 heteroatoms. The molecule has 1 aliphatic heterocycles. The molecule has 0 amide bonds. The van der Waals surface area contributed by atoms with Gasteiger partial charge in [-0.15, -0.1) is 0 Å². The molecule has 3 aromatic rings. The number of ketones is 1. The number of likely N-dealkylation sites (tertiary alicyclic amines) is 1. The largest absolute Gasteiger partial charge is 0.389 e. The summed E-state index contributed by atoms with van der Waals surface area (Å²) < 4.78 is 1.87. The molecule has 0 radical (unpaired) electrons. The maximum absolute atomic E-state index is 11.4. The third-order valence-electron chi connectivity index (χ3n) is 6.47. The summed E-state index contributed by atoms with van der Waals surface area (Å²) in [5.74, 6) is -0.117. The van der Waals surface area contributed by atoms with E-state index in [9.17, 15) is 9.90 Å². The van der Waals surface area contributed by atoms with Crippen LogP contribution < -0.4 is 0 Å². The molecular weight excluding hydrogens is 402 g/mol. The fourth-order valence-corrected chi connectivity index (χ4v) is 4.78. The normalized spacial score (nSPS) is 17.3. The average molecular weight is 436 g/mol. The van der Waals surface area contributed by atoms with Gasteiger partial charge in [-0.1, -0.05) is 30.3 Å². The summed E-state index contributed by atoms with van der Waals surface area (Å²) in [6.45, 7) is 5.20. The Hall–Kier alpha value is -2.54. The van der Waals surface area contributed by atoms with Gasteiger partial charge in [-0.3, -0.25) is 9.69 Å². The van der Waals surface area contributed by atoms with Crippen molar-refractivity contribution in [3.8, 4) is 0 Å². The number of nitrogens with zero attached hydrogens (tertiary/aromatic N) is 3. The van der Waals surface area contributed by atoms with E-state index in [0.717, 1.165) is 48.3 Å². The first-order valence-electron chi connectivity index (χ1n) is 11.5. The van der Waals surface area contributed by atoms with Crippen molar-refractivity contribution < 1.29 is 15.0 Å². The Morgan fingerprint density at radius 1 is 1.16 bits per heavy atom. The summed E-state index contributed by atoms with van der Waals surface area (Å²) in [5, 5.41) is 24.2. The third kappa shape index (κ3) is 4.93. The van der Waals surface area contributed by atoms with Gasteiger partial charge in [0.25, 0.3) is 0 Å². The van der Waals surface area contributed by atoms with Crippen LogP contribution in [-0.2, 0) is 23.2 Å². The van der Waals surface area contributed by atoms with E-state index in [0.29, 0.717) is 18.9 Å². The number of hydrogen-bond acceptors (Lipinski definition) is 5. The fourth-order valence-electron chi connectivity index (χ4n) is 4.78. The van der Waals surface area contributed by atoms with Gasteiger partial charge in [-0.05, 0) is 69.3 Å². The van der Waals surface area contributed by atoms with Crippen LogP contribution >= 0.6 is 0 Å². The zero-order valence-electron chi connectivity index (χ0n) is 19.0. The second-order valence-electron chi connectivity index (χ2n) is 9.30. The molecule has 3 heterocycles. The average Bonchev–Trinajstić information content (AvgIpc) is 3.40. The van der Waals surface area contributed by atoms with Crippen molar-refractivity contribution in [2.24, 2.45) is 0 Å². The summed E-state index contributed by atoms with van der Waals surface area (Å²) in [6.07, 6.45) is 6.13. The zero-order chi connectivity index (χ0) is 22.7. The van der Waals surface area contributed by atoms with Crippen LogP contribution in [0.1, 0.15) is 61.5 Å². The smallest absolute Gasteiger partial charge is 0.158 e. The van der Waals surface area contributed by atoms with Crippen molar-refractivity contribution in [1.82, 2.24) is 14.5 Å². The van der Waals surface area contributed by atoms with E-state index in [-0.39, 0.29) is 12.4 Å². The summed E-state index contributed by atoms with van der Waals surface area (Å²) >= 11 is 0. The molecule has 0 bridgehead atoms. The van der Waals surface area contributed by atoms with Gasteiger partial charge in [0.1, 0.15) is 12.2 Å². The highest BCUT2D eigenvalue weighted by Crippen LogP contribution is 2.33. The van der Waals surface area contributed by atoms with Gasteiger partial charge in [0.2, 0.25) is 0 Å². The molecule has 0 spiro atoms. The van der Waals surface area contributed by atoms with E-state index in [1.165, 1.54) is 12.0 Å². The highest BCUT2D eigenvalue weighted by molar-refractivity contribution is 5.79. The Morgan fingerprint density at radius 3 is 2.66 bits per heavy atom. The van der Waals surface area contributed by atoms with Crippen molar-refractivity contribution in [3.63, 3.8) is 0 Å². The number of hydrogen-bond donors (Lipinski definition) is 2. The first kappa shape index (κ1) is 22.6. The number of carbonyl (C=O) groups excluding carboxylic acids is 1. The van der Waals surface area contributed by atoms with Gasteiger partial charge in [0.05, 0.1) is 11.2 Å². The minimum Gasteiger partial charge on any atom is -0.389 e. The summed E-state index contributed by atoms with van der Waals surface area (Å²) in [4.78, 5) is 13.9. The van der Waals surface area contributed by atoms with Gasteiger partial charge in [0.15, 0.2) is 5.78 Å². The topological polar surface area (TPSA) is 78.1 Å². The molecule has 2 aromatic heterocycles. The van der Waals surface area contributed by atoms with Crippen molar-refractivity contribution in [2.45, 2.75) is 57.6 Å². The number of pyridine rings is 1.